The van der Waals surface area contributed by atoms with Crippen LogP contribution in [0.2, 0.25) is 0 Å². The van der Waals surface area contributed by atoms with Gasteiger partial charge in [-0.25, -0.2) is 8.42 Å². The van der Waals surface area contributed by atoms with Crippen LogP contribution in [0.3, 0.4) is 0 Å². The average molecular weight is 465 g/mol. The fourth-order valence-corrected chi connectivity index (χ4v) is 7.12. The van der Waals surface area contributed by atoms with Crippen LogP contribution in [0, 0.1) is 12.8 Å². The van der Waals surface area contributed by atoms with E-state index in [1.807, 2.05) is 55.5 Å². The summed E-state index contributed by atoms with van der Waals surface area (Å²) in [4.78, 5) is 0.345. The minimum atomic E-state index is -3.69. The first-order valence-corrected chi connectivity index (χ1v) is 12.6. The van der Waals surface area contributed by atoms with Gasteiger partial charge in [0.05, 0.1) is 30.7 Å². The Kier molecular flexibility index (Phi) is 5.64. The van der Waals surface area contributed by atoms with E-state index < -0.39 is 10.0 Å². The van der Waals surface area contributed by atoms with Crippen molar-refractivity contribution in [2.75, 3.05) is 25.6 Å². The standard InChI is InChI=1S/C26H28N2O4S/c1-17-5-3-4-6-25(17)33(30,31)28-14-13-21-24(16-29)27-23-12-9-19(15-22(23)26(21)28)18-7-10-20(32-2)11-8-18/h3-12,15,21,24,26-27,29H,13-14,16H2,1-2H3/t21-,24+,26-/m0/s1. The van der Waals surface area contributed by atoms with Crippen LogP contribution < -0.4 is 10.1 Å². The van der Waals surface area contributed by atoms with Crippen LogP contribution >= 0.6 is 0 Å². The lowest BCUT2D eigenvalue weighted by Gasteiger charge is -2.39. The Balaban J connectivity index is 1.60. The average Bonchev–Trinajstić information content (AvgIpc) is 3.30. The lowest BCUT2D eigenvalue weighted by molar-refractivity contribution is 0.210. The van der Waals surface area contributed by atoms with Crippen LogP contribution in [0.25, 0.3) is 11.1 Å². The summed E-state index contributed by atoms with van der Waals surface area (Å²) in [5.74, 6) is 0.780. The molecule has 6 nitrogen and oxygen atoms in total. The van der Waals surface area contributed by atoms with Crippen molar-refractivity contribution in [3.63, 3.8) is 0 Å². The van der Waals surface area contributed by atoms with E-state index in [1.165, 1.54) is 0 Å². The number of rotatable bonds is 5. The molecule has 3 atom stereocenters. The van der Waals surface area contributed by atoms with Gasteiger partial charge in [-0.1, -0.05) is 36.4 Å². The number of nitrogens with zero attached hydrogens (tertiary/aromatic N) is 1. The van der Waals surface area contributed by atoms with E-state index in [1.54, 1.807) is 23.5 Å². The van der Waals surface area contributed by atoms with E-state index in [0.717, 1.165) is 33.7 Å². The van der Waals surface area contributed by atoms with Crippen LogP contribution in [-0.4, -0.2) is 44.1 Å². The van der Waals surface area contributed by atoms with Crippen LogP contribution in [0.5, 0.6) is 5.75 Å². The maximum absolute atomic E-state index is 13.8. The molecule has 1 saturated heterocycles. The number of hydrogen-bond acceptors (Lipinski definition) is 5. The number of benzene rings is 3. The summed E-state index contributed by atoms with van der Waals surface area (Å²) in [6, 6.07) is 20.5. The molecule has 2 heterocycles. The number of methoxy groups -OCH3 is 1. The van der Waals surface area contributed by atoms with Gasteiger partial charge in [-0.2, -0.15) is 4.31 Å². The lowest BCUT2D eigenvalue weighted by atomic mass is 9.82. The third-order valence-corrected chi connectivity index (χ3v) is 8.97. The second kappa shape index (κ2) is 8.48. The molecule has 0 spiro atoms. The first-order chi connectivity index (χ1) is 15.9. The van der Waals surface area contributed by atoms with E-state index >= 15 is 0 Å². The third kappa shape index (κ3) is 3.70. The molecular weight excluding hydrogens is 436 g/mol. The monoisotopic (exact) mass is 464 g/mol. The number of ether oxygens (including phenoxy) is 1. The fraction of sp³-hybridized carbons (Fsp3) is 0.308. The van der Waals surface area contributed by atoms with Gasteiger partial charge in [-0.3, -0.25) is 0 Å². The van der Waals surface area contributed by atoms with Gasteiger partial charge in [0, 0.05) is 18.2 Å². The Morgan fingerprint density at radius 2 is 1.79 bits per heavy atom. The molecule has 0 bridgehead atoms. The summed E-state index contributed by atoms with van der Waals surface area (Å²) in [7, 11) is -2.05. The first kappa shape index (κ1) is 21.9. The SMILES string of the molecule is COc1ccc(-c2ccc3c(c2)[C@@H]2[C@@H](CCN2S(=O)(=O)c2ccccc2C)[C@@H](CO)N3)cc1. The summed E-state index contributed by atoms with van der Waals surface area (Å²) in [5, 5.41) is 13.5. The van der Waals surface area contributed by atoms with E-state index in [9.17, 15) is 13.5 Å². The predicted octanol–water partition coefficient (Wildman–Crippen LogP) is 4.21. The molecule has 3 aromatic carbocycles. The van der Waals surface area contributed by atoms with Crippen LogP contribution in [-0.2, 0) is 10.0 Å². The van der Waals surface area contributed by atoms with Crippen molar-refractivity contribution in [1.82, 2.24) is 4.31 Å². The molecule has 0 aliphatic carbocycles. The Hall–Kier alpha value is -2.87. The zero-order chi connectivity index (χ0) is 23.2. The molecule has 33 heavy (non-hydrogen) atoms. The molecular formula is C26H28N2O4S. The maximum atomic E-state index is 13.8. The van der Waals surface area contributed by atoms with E-state index in [0.29, 0.717) is 17.9 Å². The molecule has 2 N–H and O–H groups in total. The van der Waals surface area contributed by atoms with Crippen molar-refractivity contribution in [2.45, 2.75) is 30.3 Å². The molecule has 0 saturated carbocycles. The number of aliphatic hydroxyl groups is 1. The smallest absolute Gasteiger partial charge is 0.243 e. The van der Waals surface area contributed by atoms with Gasteiger partial charge >= 0.3 is 0 Å². The number of fused-ring (bicyclic) bond motifs is 3. The number of aryl methyl sites for hydroxylation is 1. The zero-order valence-corrected chi connectivity index (χ0v) is 19.5. The molecule has 0 aromatic heterocycles. The van der Waals surface area contributed by atoms with E-state index in [-0.39, 0.29) is 24.6 Å². The van der Waals surface area contributed by atoms with Crippen molar-refractivity contribution >= 4 is 15.7 Å². The van der Waals surface area contributed by atoms with Crippen LogP contribution in [0.15, 0.2) is 71.6 Å². The highest BCUT2D eigenvalue weighted by atomic mass is 32.2. The highest BCUT2D eigenvalue weighted by Crippen LogP contribution is 2.49. The van der Waals surface area contributed by atoms with Gasteiger partial charge in [-0.05, 0) is 65.9 Å². The zero-order valence-electron chi connectivity index (χ0n) is 18.7. The van der Waals surface area contributed by atoms with Crippen molar-refractivity contribution in [3.8, 4) is 16.9 Å². The number of anilines is 1. The topological polar surface area (TPSA) is 78.9 Å². The first-order valence-electron chi connectivity index (χ1n) is 11.2. The molecule has 1 fully saturated rings. The Morgan fingerprint density at radius 3 is 2.48 bits per heavy atom. The van der Waals surface area contributed by atoms with E-state index in [4.69, 9.17) is 4.74 Å². The maximum Gasteiger partial charge on any atom is 0.243 e. The minimum Gasteiger partial charge on any atom is -0.497 e. The molecule has 0 radical (unpaired) electrons. The van der Waals surface area contributed by atoms with Gasteiger partial charge in [0.1, 0.15) is 5.75 Å². The molecule has 5 rings (SSSR count). The molecule has 2 aliphatic rings. The lowest BCUT2D eigenvalue weighted by Crippen LogP contribution is -2.42. The highest BCUT2D eigenvalue weighted by molar-refractivity contribution is 7.89. The second-order valence-electron chi connectivity index (χ2n) is 8.74. The predicted molar refractivity (Wildman–Crippen MR) is 129 cm³/mol. The van der Waals surface area contributed by atoms with Gasteiger partial charge in [0.2, 0.25) is 10.0 Å². The Labute approximate surface area is 194 Å². The summed E-state index contributed by atoms with van der Waals surface area (Å²) in [6.45, 7) is 2.21. The Bertz CT molecular complexity index is 1270. The molecule has 7 heteroatoms. The third-order valence-electron chi connectivity index (χ3n) is 6.93. The minimum absolute atomic E-state index is 0.00703. The van der Waals surface area contributed by atoms with Crippen LogP contribution in [0.1, 0.15) is 23.6 Å². The largest absolute Gasteiger partial charge is 0.497 e. The molecule has 0 unspecified atom stereocenters. The van der Waals surface area contributed by atoms with Gasteiger partial charge in [0.25, 0.3) is 0 Å². The Morgan fingerprint density at radius 1 is 1.06 bits per heavy atom. The molecule has 172 valence electrons. The number of nitrogens with one attached hydrogen (secondary N) is 1. The van der Waals surface area contributed by atoms with Crippen molar-refractivity contribution in [2.24, 2.45) is 5.92 Å². The van der Waals surface area contributed by atoms with E-state index in [2.05, 4.69) is 11.4 Å². The second-order valence-corrected chi connectivity index (χ2v) is 10.6. The van der Waals surface area contributed by atoms with Crippen molar-refractivity contribution in [3.05, 3.63) is 77.9 Å². The number of sulfonamides is 1. The molecule has 0 amide bonds. The van der Waals surface area contributed by atoms with Gasteiger partial charge in [-0.15, -0.1) is 0 Å². The summed E-state index contributed by atoms with van der Waals surface area (Å²) < 4.78 is 34.5. The fourth-order valence-electron chi connectivity index (χ4n) is 5.23. The van der Waals surface area contributed by atoms with Crippen molar-refractivity contribution in [1.29, 1.82) is 0 Å². The van der Waals surface area contributed by atoms with Gasteiger partial charge < -0.3 is 15.2 Å². The summed E-state index contributed by atoms with van der Waals surface area (Å²) in [6.07, 6.45) is 0.695. The normalized spacial score (nSPS) is 22.3. The quantitative estimate of drug-likeness (QED) is 0.591. The summed E-state index contributed by atoms with van der Waals surface area (Å²) >= 11 is 0. The molecule has 2 aliphatic heterocycles. The number of hydrogen-bond donors (Lipinski definition) is 2. The van der Waals surface area contributed by atoms with Crippen molar-refractivity contribution < 1.29 is 18.3 Å². The molecule has 3 aromatic rings. The van der Waals surface area contributed by atoms with Gasteiger partial charge in [0.15, 0.2) is 0 Å². The highest BCUT2D eigenvalue weighted by Gasteiger charge is 2.48. The van der Waals surface area contributed by atoms with Crippen LogP contribution in [0.4, 0.5) is 5.69 Å². The number of aliphatic hydroxyl groups excluding tert-OH is 1. The summed E-state index contributed by atoms with van der Waals surface area (Å²) in [5.41, 5.74) is 4.61.